The zero-order valence-electron chi connectivity index (χ0n) is 11.4. The van der Waals surface area contributed by atoms with Crippen LogP contribution in [0, 0.1) is 0 Å². The average Bonchev–Trinajstić information content (AvgIpc) is 2.88. The Bertz CT molecular complexity index is 787. The van der Waals surface area contributed by atoms with E-state index in [2.05, 4.69) is 4.57 Å². The van der Waals surface area contributed by atoms with Gasteiger partial charge >= 0.3 is 5.97 Å². The number of nitrogens with zero attached hydrogens (tertiary/aromatic N) is 1. The standard InChI is InChI=1S/C17H15NO3/c19-16-5-1-12(2-6-16)7-8-18-10-14-4-3-13(17(20)21)9-15(14)11-18/h1-6,9-11,19H,7-8H2,(H,20,21). The molecule has 0 saturated heterocycles. The number of phenols is 1. The molecule has 0 aliphatic carbocycles. The van der Waals surface area contributed by atoms with Crippen LogP contribution in [0.4, 0.5) is 0 Å². The number of aromatic nitrogens is 1. The summed E-state index contributed by atoms with van der Waals surface area (Å²) in [7, 11) is 0. The SMILES string of the molecule is O=C(O)c1ccc2cn(CCc3ccc(O)cc3)cc2c1. The summed E-state index contributed by atoms with van der Waals surface area (Å²) in [6.07, 6.45) is 4.83. The number of carbonyl (C=O) groups is 1. The maximum atomic E-state index is 11.0. The molecule has 106 valence electrons. The van der Waals surface area contributed by atoms with Gasteiger partial charge in [0, 0.05) is 24.3 Å². The van der Waals surface area contributed by atoms with Gasteiger partial charge in [0.25, 0.3) is 0 Å². The minimum absolute atomic E-state index is 0.270. The first kappa shape index (κ1) is 13.2. The second-order valence-corrected chi connectivity index (χ2v) is 5.06. The fourth-order valence-electron chi connectivity index (χ4n) is 2.38. The predicted molar refractivity (Wildman–Crippen MR) is 80.7 cm³/mol. The Labute approximate surface area is 121 Å². The van der Waals surface area contributed by atoms with Crippen molar-refractivity contribution in [1.29, 1.82) is 0 Å². The smallest absolute Gasteiger partial charge is 0.335 e. The lowest BCUT2D eigenvalue weighted by Gasteiger charge is -2.03. The van der Waals surface area contributed by atoms with E-state index in [0.717, 1.165) is 29.3 Å². The molecule has 0 saturated carbocycles. The van der Waals surface area contributed by atoms with Gasteiger partial charge in [0.15, 0.2) is 0 Å². The number of rotatable bonds is 4. The van der Waals surface area contributed by atoms with Gasteiger partial charge in [0.1, 0.15) is 5.75 Å². The molecule has 0 radical (unpaired) electrons. The number of benzene rings is 2. The third-order valence-corrected chi connectivity index (χ3v) is 3.54. The first-order valence-corrected chi connectivity index (χ1v) is 6.72. The summed E-state index contributed by atoms with van der Waals surface area (Å²) in [4.78, 5) is 11.0. The molecule has 0 aliphatic rings. The van der Waals surface area contributed by atoms with Crippen LogP contribution in [0.25, 0.3) is 10.8 Å². The molecule has 21 heavy (non-hydrogen) atoms. The quantitative estimate of drug-likeness (QED) is 0.771. The molecule has 4 nitrogen and oxygen atoms in total. The molecule has 0 unspecified atom stereocenters. The van der Waals surface area contributed by atoms with Crippen LogP contribution in [0.5, 0.6) is 5.75 Å². The normalized spacial score (nSPS) is 10.9. The molecule has 0 bridgehead atoms. The molecule has 4 heteroatoms. The van der Waals surface area contributed by atoms with Crippen LogP contribution in [0.3, 0.4) is 0 Å². The molecule has 1 aromatic heterocycles. The number of aryl methyl sites for hydroxylation is 2. The number of aromatic hydroxyl groups is 1. The number of hydrogen-bond donors (Lipinski definition) is 2. The van der Waals surface area contributed by atoms with Gasteiger partial charge in [-0.2, -0.15) is 0 Å². The van der Waals surface area contributed by atoms with Gasteiger partial charge in [0.2, 0.25) is 0 Å². The molecule has 2 aromatic carbocycles. The van der Waals surface area contributed by atoms with Crippen LogP contribution >= 0.6 is 0 Å². The summed E-state index contributed by atoms with van der Waals surface area (Å²) in [5.74, 6) is -0.639. The molecule has 0 aliphatic heterocycles. The van der Waals surface area contributed by atoms with Crippen LogP contribution in [-0.2, 0) is 13.0 Å². The summed E-state index contributed by atoms with van der Waals surface area (Å²) >= 11 is 0. The fraction of sp³-hybridized carbons (Fsp3) is 0.118. The summed E-state index contributed by atoms with van der Waals surface area (Å²) in [6.45, 7) is 0.807. The van der Waals surface area contributed by atoms with Crippen LogP contribution in [-0.4, -0.2) is 20.7 Å². The Hall–Kier alpha value is -2.75. The molecule has 0 spiro atoms. The third-order valence-electron chi connectivity index (χ3n) is 3.54. The summed E-state index contributed by atoms with van der Waals surface area (Å²) in [5, 5.41) is 20.2. The highest BCUT2D eigenvalue weighted by Gasteiger charge is 2.05. The predicted octanol–water partition coefficient (Wildman–Crippen LogP) is 3.29. The van der Waals surface area contributed by atoms with E-state index in [0.29, 0.717) is 5.56 Å². The van der Waals surface area contributed by atoms with E-state index < -0.39 is 5.97 Å². The zero-order chi connectivity index (χ0) is 14.8. The monoisotopic (exact) mass is 281 g/mol. The first-order valence-electron chi connectivity index (χ1n) is 6.72. The fourth-order valence-corrected chi connectivity index (χ4v) is 2.38. The Morgan fingerprint density at radius 1 is 1.00 bits per heavy atom. The number of fused-ring (bicyclic) bond motifs is 1. The number of phenolic OH excluding ortho intramolecular Hbond substituents is 1. The van der Waals surface area contributed by atoms with Crippen molar-refractivity contribution in [3.05, 3.63) is 66.0 Å². The largest absolute Gasteiger partial charge is 0.508 e. The second kappa shape index (κ2) is 5.32. The van der Waals surface area contributed by atoms with Gasteiger partial charge < -0.3 is 14.8 Å². The van der Waals surface area contributed by atoms with Crippen LogP contribution < -0.4 is 0 Å². The van der Waals surface area contributed by atoms with Gasteiger partial charge in [-0.25, -0.2) is 4.79 Å². The number of aromatic carboxylic acids is 1. The Morgan fingerprint density at radius 3 is 2.43 bits per heavy atom. The summed E-state index contributed by atoms with van der Waals surface area (Å²) < 4.78 is 2.06. The van der Waals surface area contributed by atoms with E-state index in [4.69, 9.17) is 5.11 Å². The topological polar surface area (TPSA) is 62.5 Å². The lowest BCUT2D eigenvalue weighted by Crippen LogP contribution is -1.97. The van der Waals surface area contributed by atoms with Gasteiger partial charge in [-0.1, -0.05) is 18.2 Å². The van der Waals surface area contributed by atoms with E-state index in [1.165, 1.54) is 0 Å². The maximum absolute atomic E-state index is 11.0. The van der Waals surface area contributed by atoms with E-state index in [1.54, 1.807) is 24.3 Å². The average molecular weight is 281 g/mol. The molecule has 2 N–H and O–H groups in total. The third kappa shape index (κ3) is 2.89. The minimum Gasteiger partial charge on any atom is -0.508 e. The molecular formula is C17H15NO3. The van der Waals surface area contributed by atoms with E-state index >= 15 is 0 Å². The van der Waals surface area contributed by atoms with Crippen LogP contribution in [0.2, 0.25) is 0 Å². The Balaban J connectivity index is 1.78. The molecule has 0 fully saturated rings. The highest BCUT2D eigenvalue weighted by molar-refractivity contribution is 5.94. The van der Waals surface area contributed by atoms with Gasteiger partial charge in [-0.05, 0) is 41.6 Å². The van der Waals surface area contributed by atoms with Crippen molar-refractivity contribution in [3.8, 4) is 5.75 Å². The highest BCUT2D eigenvalue weighted by atomic mass is 16.4. The lowest BCUT2D eigenvalue weighted by atomic mass is 10.1. The van der Waals surface area contributed by atoms with Crippen molar-refractivity contribution in [2.75, 3.05) is 0 Å². The van der Waals surface area contributed by atoms with Gasteiger partial charge in [-0.15, -0.1) is 0 Å². The van der Waals surface area contributed by atoms with Crippen molar-refractivity contribution in [1.82, 2.24) is 4.57 Å². The molecule has 3 rings (SSSR count). The van der Waals surface area contributed by atoms with Crippen LogP contribution in [0.1, 0.15) is 15.9 Å². The molecule has 0 amide bonds. The van der Waals surface area contributed by atoms with Gasteiger partial charge in [-0.3, -0.25) is 0 Å². The Kier molecular flexibility index (Phi) is 3.36. The lowest BCUT2D eigenvalue weighted by molar-refractivity contribution is 0.0697. The van der Waals surface area contributed by atoms with Crippen LogP contribution in [0.15, 0.2) is 54.9 Å². The molecule has 0 atom stereocenters. The summed E-state index contributed by atoms with van der Waals surface area (Å²) in [5.41, 5.74) is 1.45. The second-order valence-electron chi connectivity index (χ2n) is 5.06. The van der Waals surface area contributed by atoms with Crippen molar-refractivity contribution in [2.45, 2.75) is 13.0 Å². The number of carboxylic acids is 1. The van der Waals surface area contributed by atoms with Crippen molar-refractivity contribution in [2.24, 2.45) is 0 Å². The van der Waals surface area contributed by atoms with E-state index in [9.17, 15) is 9.90 Å². The van der Waals surface area contributed by atoms with Crippen molar-refractivity contribution in [3.63, 3.8) is 0 Å². The molecular weight excluding hydrogens is 266 g/mol. The zero-order valence-corrected chi connectivity index (χ0v) is 11.4. The van der Waals surface area contributed by atoms with E-state index in [-0.39, 0.29) is 5.75 Å². The summed E-state index contributed by atoms with van der Waals surface area (Å²) in [6, 6.07) is 12.3. The minimum atomic E-state index is -0.909. The number of carboxylic acid groups (broad SMARTS) is 1. The number of hydrogen-bond acceptors (Lipinski definition) is 2. The van der Waals surface area contributed by atoms with Crippen molar-refractivity contribution < 1.29 is 15.0 Å². The van der Waals surface area contributed by atoms with Crippen molar-refractivity contribution >= 4 is 16.7 Å². The highest BCUT2D eigenvalue weighted by Crippen LogP contribution is 2.18. The first-order chi connectivity index (χ1) is 10.1. The van der Waals surface area contributed by atoms with E-state index in [1.807, 2.05) is 30.6 Å². The van der Waals surface area contributed by atoms with Gasteiger partial charge in [0.05, 0.1) is 5.56 Å². The molecule has 3 aromatic rings. The molecule has 1 heterocycles. The maximum Gasteiger partial charge on any atom is 0.335 e. The Morgan fingerprint density at radius 2 is 1.71 bits per heavy atom.